The molecule has 0 N–H and O–H groups in total. The Morgan fingerprint density at radius 1 is 1.03 bits per heavy atom. The van der Waals surface area contributed by atoms with Crippen molar-refractivity contribution in [1.82, 2.24) is 0 Å². The van der Waals surface area contributed by atoms with Crippen molar-refractivity contribution in [3.05, 3.63) is 54.1 Å². The summed E-state index contributed by atoms with van der Waals surface area (Å²) in [7, 11) is 0. The lowest BCUT2D eigenvalue weighted by molar-refractivity contribution is -0.132. The van der Waals surface area contributed by atoms with Crippen LogP contribution in [0.3, 0.4) is 0 Å². The zero-order valence-corrected chi connectivity index (χ0v) is 18.8. The number of benzene rings is 2. The molecule has 6 atom stereocenters. The summed E-state index contributed by atoms with van der Waals surface area (Å²) in [6.07, 6.45) is 0.526. The van der Waals surface area contributed by atoms with Gasteiger partial charge in [0.15, 0.2) is 6.61 Å². The van der Waals surface area contributed by atoms with E-state index in [1.54, 1.807) is 36.4 Å². The largest absolute Gasteiger partial charge is 0.479 e. The highest BCUT2D eigenvalue weighted by molar-refractivity contribution is 6.23. The van der Waals surface area contributed by atoms with Crippen LogP contribution in [0, 0.1) is 40.9 Å². The second-order valence-corrected chi connectivity index (χ2v) is 9.26. The first-order valence-corrected chi connectivity index (χ1v) is 11.5. The van der Waals surface area contributed by atoms with Crippen molar-refractivity contribution in [3.8, 4) is 17.6 Å². The predicted octanol–water partition coefficient (Wildman–Crippen LogP) is 2.69. The third-order valence-corrected chi connectivity index (χ3v) is 7.50. The van der Waals surface area contributed by atoms with Gasteiger partial charge in [-0.25, -0.2) is 0 Å². The number of imide groups is 1. The van der Waals surface area contributed by atoms with Gasteiger partial charge < -0.3 is 14.3 Å². The first kappa shape index (κ1) is 21.4. The molecular weight excluding hydrogens is 450 g/mol. The number of amides is 2. The second-order valence-electron chi connectivity index (χ2n) is 9.26. The van der Waals surface area contributed by atoms with E-state index in [1.807, 2.05) is 18.2 Å². The van der Waals surface area contributed by atoms with Crippen molar-refractivity contribution in [2.45, 2.75) is 19.4 Å². The molecule has 2 amide bonds. The number of hydrogen-bond donors (Lipinski definition) is 0. The van der Waals surface area contributed by atoms with E-state index in [4.69, 9.17) is 19.6 Å². The molecule has 1 saturated heterocycles. The van der Waals surface area contributed by atoms with Gasteiger partial charge in [-0.3, -0.25) is 19.3 Å². The van der Waals surface area contributed by atoms with Crippen molar-refractivity contribution in [2.24, 2.45) is 34.7 Å². The molecule has 2 bridgehead atoms. The normalized spacial score (nSPS) is 29.8. The highest BCUT2D eigenvalue weighted by Gasteiger charge is 2.70. The van der Waals surface area contributed by atoms with Crippen molar-refractivity contribution in [2.75, 3.05) is 11.5 Å². The molecule has 0 radical (unpaired) electrons. The summed E-state index contributed by atoms with van der Waals surface area (Å²) in [6.45, 7) is 1.28. The molecule has 6 rings (SSSR count). The smallest absolute Gasteiger partial charge is 0.308 e. The van der Waals surface area contributed by atoms with Gasteiger partial charge in [-0.15, -0.1) is 0 Å². The number of carbonyl (C=O) groups is 3. The number of hydrogen-bond acceptors (Lipinski definition) is 8. The van der Waals surface area contributed by atoms with Crippen LogP contribution in [0.15, 0.2) is 53.7 Å². The van der Waals surface area contributed by atoms with Crippen LogP contribution in [0.4, 0.5) is 5.69 Å². The number of rotatable bonds is 5. The van der Waals surface area contributed by atoms with Gasteiger partial charge >= 0.3 is 5.97 Å². The van der Waals surface area contributed by atoms with Crippen LogP contribution < -0.4 is 14.4 Å². The van der Waals surface area contributed by atoms with E-state index in [0.29, 0.717) is 17.2 Å². The molecular formula is C26H21N3O6. The van der Waals surface area contributed by atoms with Crippen LogP contribution >= 0.6 is 0 Å². The topological polar surface area (TPSA) is 118 Å². The van der Waals surface area contributed by atoms with Crippen molar-refractivity contribution in [1.29, 1.82) is 5.26 Å². The molecule has 9 nitrogen and oxygen atoms in total. The Hall–Kier alpha value is -4.19. The van der Waals surface area contributed by atoms with Gasteiger partial charge in [0.1, 0.15) is 23.7 Å². The van der Waals surface area contributed by atoms with Crippen LogP contribution in [-0.2, 0) is 19.2 Å². The molecule has 35 heavy (non-hydrogen) atoms. The van der Waals surface area contributed by atoms with Gasteiger partial charge in [0.2, 0.25) is 11.8 Å². The fourth-order valence-electron chi connectivity index (χ4n) is 6.29. The van der Waals surface area contributed by atoms with Gasteiger partial charge in [-0.05, 0) is 60.9 Å². The number of ether oxygens (including phenoxy) is 2. The van der Waals surface area contributed by atoms with Crippen LogP contribution in [-0.4, -0.2) is 36.2 Å². The minimum Gasteiger partial charge on any atom is -0.479 e. The van der Waals surface area contributed by atoms with Crippen molar-refractivity contribution < 1.29 is 28.7 Å². The summed E-state index contributed by atoms with van der Waals surface area (Å²) in [5.41, 5.74) is 2.13. The summed E-state index contributed by atoms with van der Waals surface area (Å²) < 4.78 is 10.4. The minimum atomic E-state index is -0.439. The molecule has 2 saturated carbocycles. The lowest BCUT2D eigenvalue weighted by Crippen LogP contribution is -2.41. The zero-order valence-electron chi connectivity index (χ0n) is 18.8. The molecule has 176 valence electrons. The Morgan fingerprint density at radius 3 is 2.34 bits per heavy atom. The number of nitriles is 1. The van der Waals surface area contributed by atoms with Crippen LogP contribution in [0.2, 0.25) is 0 Å². The average molecular weight is 471 g/mol. The minimum absolute atomic E-state index is 0.0277. The predicted molar refractivity (Wildman–Crippen MR) is 121 cm³/mol. The first-order chi connectivity index (χ1) is 17.0. The molecule has 2 aromatic carbocycles. The third kappa shape index (κ3) is 3.21. The molecule has 9 heteroatoms. The first-order valence-electron chi connectivity index (χ1n) is 11.5. The van der Waals surface area contributed by atoms with Crippen LogP contribution in [0.1, 0.15) is 18.9 Å². The van der Waals surface area contributed by atoms with E-state index in [0.717, 1.165) is 17.7 Å². The number of fused-ring (bicyclic) bond motifs is 8. The fourth-order valence-corrected chi connectivity index (χ4v) is 6.29. The van der Waals surface area contributed by atoms with E-state index >= 15 is 0 Å². The fraction of sp³-hybridized carbons (Fsp3) is 0.346. The quantitative estimate of drug-likeness (QED) is 0.374. The second kappa shape index (κ2) is 7.94. The van der Waals surface area contributed by atoms with Gasteiger partial charge in [0, 0.05) is 24.3 Å². The highest BCUT2D eigenvalue weighted by atomic mass is 16.6. The monoisotopic (exact) mass is 471 g/mol. The standard InChI is InChI=1S/C26H21N3O6/c1-13(30)34-17-8-4-15(5-9-17)29-25(31)20-18-12-19(21(20)26(29)32)24-22(18)23(28-35-24)14-2-6-16(7-3-14)33-11-10-27/h2-9,18-22,24H,11-12H2,1H3/t18-,19+,20+,21+,22+,24-/m1/s1. The SMILES string of the molecule is CC(=O)Oc1ccc(N2C(=O)[C@H]3[C@@H]4C[C@@H]([C@H]5C(c6ccc(OCC#N)cc6)=NO[C@H]45)[C@@H]3C2=O)cc1. The Kier molecular flexibility index (Phi) is 4.85. The van der Waals surface area contributed by atoms with E-state index < -0.39 is 17.8 Å². The Morgan fingerprint density at radius 2 is 1.69 bits per heavy atom. The summed E-state index contributed by atoms with van der Waals surface area (Å²) in [4.78, 5) is 45.2. The maximum Gasteiger partial charge on any atom is 0.308 e. The maximum atomic E-state index is 13.5. The summed E-state index contributed by atoms with van der Waals surface area (Å²) in [6, 6.07) is 15.6. The van der Waals surface area contributed by atoms with E-state index in [2.05, 4.69) is 5.16 Å². The van der Waals surface area contributed by atoms with E-state index in [1.165, 1.54) is 11.8 Å². The molecule has 4 aliphatic rings. The molecule has 2 aliphatic heterocycles. The van der Waals surface area contributed by atoms with Gasteiger partial charge in [0.25, 0.3) is 0 Å². The van der Waals surface area contributed by atoms with Crippen LogP contribution in [0.5, 0.6) is 11.5 Å². The molecule has 3 fully saturated rings. The van der Waals surface area contributed by atoms with E-state index in [-0.39, 0.29) is 42.3 Å². The summed E-state index contributed by atoms with van der Waals surface area (Å²) in [5.74, 6) is -0.894. The zero-order chi connectivity index (χ0) is 24.3. The molecule has 2 heterocycles. The average Bonchev–Trinajstić information content (AvgIpc) is 3.59. The lowest BCUT2D eigenvalue weighted by Gasteiger charge is -2.29. The lowest BCUT2D eigenvalue weighted by atomic mass is 9.71. The van der Waals surface area contributed by atoms with Gasteiger partial charge in [0.05, 0.1) is 23.2 Å². The molecule has 2 aliphatic carbocycles. The van der Waals surface area contributed by atoms with Crippen molar-refractivity contribution in [3.63, 3.8) is 0 Å². The maximum absolute atomic E-state index is 13.5. The molecule has 2 aromatic rings. The number of carbonyl (C=O) groups excluding carboxylic acids is 3. The highest BCUT2D eigenvalue weighted by Crippen LogP contribution is 2.62. The van der Waals surface area contributed by atoms with Crippen LogP contribution in [0.25, 0.3) is 0 Å². The number of esters is 1. The number of oxime groups is 1. The third-order valence-electron chi connectivity index (χ3n) is 7.50. The van der Waals surface area contributed by atoms with E-state index in [9.17, 15) is 14.4 Å². The Balaban J connectivity index is 1.24. The summed E-state index contributed by atoms with van der Waals surface area (Å²) in [5, 5.41) is 13.0. The van der Waals surface area contributed by atoms with Gasteiger partial charge in [-0.2, -0.15) is 5.26 Å². The Labute approximate surface area is 200 Å². The number of anilines is 1. The Bertz CT molecular complexity index is 1300. The molecule has 0 unspecified atom stereocenters. The van der Waals surface area contributed by atoms with Crippen molar-refractivity contribution >= 4 is 29.2 Å². The summed E-state index contributed by atoms with van der Waals surface area (Å²) >= 11 is 0. The molecule has 0 aromatic heterocycles. The molecule has 0 spiro atoms. The van der Waals surface area contributed by atoms with Gasteiger partial charge in [-0.1, -0.05) is 5.16 Å². The number of nitrogens with zero attached hydrogens (tertiary/aromatic N) is 3.